The Bertz CT molecular complexity index is 548. The molecule has 0 aliphatic carbocycles. The number of anilines is 1. The zero-order valence-electron chi connectivity index (χ0n) is 12.8. The van der Waals surface area contributed by atoms with Crippen molar-refractivity contribution in [2.45, 2.75) is 18.6 Å². The molecule has 0 unspecified atom stereocenters. The van der Waals surface area contributed by atoms with E-state index in [-0.39, 0.29) is 30.0 Å². The van der Waals surface area contributed by atoms with Gasteiger partial charge in [-0.2, -0.15) is 0 Å². The van der Waals surface area contributed by atoms with Gasteiger partial charge in [-0.1, -0.05) is 0 Å². The van der Waals surface area contributed by atoms with E-state index in [0.717, 1.165) is 11.8 Å². The Balaban J connectivity index is 1.91. The first-order valence-electron chi connectivity index (χ1n) is 7.17. The molecular formula is C14H19FN4O3S. The highest BCUT2D eigenvalue weighted by atomic mass is 32.2. The molecule has 0 radical (unpaired) electrons. The highest BCUT2D eigenvalue weighted by Gasteiger charge is 2.34. The molecule has 1 fully saturated rings. The second-order valence-electron chi connectivity index (χ2n) is 5.37. The minimum Gasteiger partial charge on any atom is -0.481 e. The lowest BCUT2D eigenvalue weighted by Gasteiger charge is -2.29. The highest BCUT2D eigenvalue weighted by molar-refractivity contribution is 8.00. The standard InChI is InChI=1S/C14H19FN4O3S/c1-18(13(20)7-23-8-14(21)22)6-11-4-10(15)5-19(11)12-2-3-16-9-17-12/h2-3,9-11H,4-8H2,1H3,(H,21,22)/t10-,11-/m0/s1. The maximum absolute atomic E-state index is 13.8. The first-order valence-corrected chi connectivity index (χ1v) is 8.33. The summed E-state index contributed by atoms with van der Waals surface area (Å²) >= 11 is 1.05. The second-order valence-corrected chi connectivity index (χ2v) is 6.35. The average molecular weight is 342 g/mol. The summed E-state index contributed by atoms with van der Waals surface area (Å²) in [5.74, 6) is -0.478. The average Bonchev–Trinajstić information content (AvgIpc) is 2.88. The van der Waals surface area contributed by atoms with Crippen LogP contribution in [0.2, 0.25) is 0 Å². The van der Waals surface area contributed by atoms with Crippen molar-refractivity contribution >= 4 is 29.5 Å². The number of aliphatic carboxylic acids is 1. The van der Waals surface area contributed by atoms with Crippen LogP contribution >= 0.6 is 11.8 Å². The summed E-state index contributed by atoms with van der Waals surface area (Å²) in [5.41, 5.74) is 0. The van der Waals surface area contributed by atoms with E-state index in [1.54, 1.807) is 19.3 Å². The highest BCUT2D eigenvalue weighted by Crippen LogP contribution is 2.25. The number of amides is 1. The number of carboxylic acid groups (broad SMARTS) is 1. The predicted molar refractivity (Wildman–Crippen MR) is 85.3 cm³/mol. The van der Waals surface area contributed by atoms with Crippen molar-refractivity contribution in [1.82, 2.24) is 14.9 Å². The molecule has 1 aliphatic rings. The van der Waals surface area contributed by atoms with Crippen molar-refractivity contribution in [1.29, 1.82) is 0 Å². The topological polar surface area (TPSA) is 86.6 Å². The summed E-state index contributed by atoms with van der Waals surface area (Å²) in [7, 11) is 1.65. The molecule has 1 aromatic rings. The lowest BCUT2D eigenvalue weighted by atomic mass is 10.2. The van der Waals surface area contributed by atoms with E-state index in [1.165, 1.54) is 11.2 Å². The number of nitrogens with zero attached hydrogens (tertiary/aromatic N) is 4. The van der Waals surface area contributed by atoms with Crippen molar-refractivity contribution in [3.8, 4) is 0 Å². The van der Waals surface area contributed by atoms with Crippen LogP contribution in [0.1, 0.15) is 6.42 Å². The monoisotopic (exact) mass is 342 g/mol. The van der Waals surface area contributed by atoms with E-state index in [1.807, 2.05) is 4.90 Å². The lowest BCUT2D eigenvalue weighted by molar-refractivity contribution is -0.133. The van der Waals surface area contributed by atoms with Gasteiger partial charge in [-0.05, 0) is 6.07 Å². The zero-order valence-corrected chi connectivity index (χ0v) is 13.6. The summed E-state index contributed by atoms with van der Waals surface area (Å²) in [6.07, 6.45) is 2.39. The normalized spacial score (nSPS) is 20.5. The fourth-order valence-electron chi connectivity index (χ4n) is 2.52. The third-order valence-electron chi connectivity index (χ3n) is 3.59. The number of carboxylic acids is 1. The largest absolute Gasteiger partial charge is 0.481 e. The smallest absolute Gasteiger partial charge is 0.313 e. The summed E-state index contributed by atoms with van der Waals surface area (Å²) in [5, 5.41) is 8.58. The van der Waals surface area contributed by atoms with Crippen molar-refractivity contribution in [3.63, 3.8) is 0 Å². The van der Waals surface area contributed by atoms with Crippen LogP contribution in [0.25, 0.3) is 0 Å². The molecule has 2 heterocycles. The molecule has 7 nitrogen and oxygen atoms in total. The molecule has 2 rings (SSSR count). The van der Waals surface area contributed by atoms with Crippen LogP contribution in [-0.4, -0.2) is 75.7 Å². The number of rotatable bonds is 7. The Labute approximate surface area is 137 Å². The Hall–Kier alpha value is -1.90. The van der Waals surface area contributed by atoms with Gasteiger partial charge in [-0.25, -0.2) is 14.4 Å². The van der Waals surface area contributed by atoms with Crippen LogP contribution in [0.4, 0.5) is 10.2 Å². The van der Waals surface area contributed by atoms with Crippen LogP contribution in [0.5, 0.6) is 0 Å². The molecule has 1 amide bonds. The third kappa shape index (κ3) is 5.05. The number of halogens is 1. The number of thioether (sulfide) groups is 1. The van der Waals surface area contributed by atoms with Crippen LogP contribution in [-0.2, 0) is 9.59 Å². The van der Waals surface area contributed by atoms with Crippen LogP contribution < -0.4 is 4.90 Å². The number of carbonyl (C=O) groups is 2. The van der Waals surface area contributed by atoms with Gasteiger partial charge in [-0.15, -0.1) is 11.8 Å². The molecule has 1 aromatic heterocycles. The Morgan fingerprint density at radius 2 is 2.30 bits per heavy atom. The fourth-order valence-corrected chi connectivity index (χ4v) is 3.19. The van der Waals surface area contributed by atoms with Gasteiger partial charge in [0.05, 0.1) is 24.1 Å². The van der Waals surface area contributed by atoms with Crippen molar-refractivity contribution in [2.24, 2.45) is 0 Å². The van der Waals surface area contributed by atoms with E-state index >= 15 is 0 Å². The molecule has 9 heteroatoms. The maximum atomic E-state index is 13.8. The van der Waals surface area contributed by atoms with Crippen molar-refractivity contribution < 1.29 is 19.1 Å². The number of carbonyl (C=O) groups excluding carboxylic acids is 1. The van der Waals surface area contributed by atoms with Gasteiger partial charge in [0.2, 0.25) is 5.91 Å². The molecule has 0 spiro atoms. The van der Waals surface area contributed by atoms with Crippen molar-refractivity contribution in [3.05, 3.63) is 18.6 Å². The summed E-state index contributed by atoms with van der Waals surface area (Å²) in [6.45, 7) is 0.619. The van der Waals surface area contributed by atoms with Gasteiger partial charge in [-0.3, -0.25) is 9.59 Å². The quantitative estimate of drug-likeness (QED) is 0.779. The lowest BCUT2D eigenvalue weighted by Crippen LogP contribution is -2.42. The predicted octanol–water partition coefficient (Wildman–Crippen LogP) is 0.670. The Morgan fingerprint density at radius 3 is 2.96 bits per heavy atom. The molecule has 0 saturated carbocycles. The summed E-state index contributed by atoms with van der Waals surface area (Å²) < 4.78 is 13.8. The number of hydrogen-bond donors (Lipinski definition) is 1. The van der Waals surface area contributed by atoms with Gasteiger partial charge in [0.15, 0.2) is 0 Å². The van der Waals surface area contributed by atoms with Gasteiger partial charge in [0.1, 0.15) is 18.3 Å². The van der Waals surface area contributed by atoms with E-state index in [2.05, 4.69) is 9.97 Å². The zero-order chi connectivity index (χ0) is 16.8. The van der Waals surface area contributed by atoms with Gasteiger partial charge in [0, 0.05) is 26.2 Å². The van der Waals surface area contributed by atoms with E-state index in [0.29, 0.717) is 18.8 Å². The van der Waals surface area contributed by atoms with E-state index < -0.39 is 12.1 Å². The fraction of sp³-hybridized carbons (Fsp3) is 0.571. The van der Waals surface area contributed by atoms with Crippen LogP contribution in [0, 0.1) is 0 Å². The van der Waals surface area contributed by atoms with Gasteiger partial charge >= 0.3 is 5.97 Å². The number of aromatic nitrogens is 2. The van der Waals surface area contributed by atoms with Crippen molar-refractivity contribution in [2.75, 3.05) is 36.5 Å². The first-order chi connectivity index (χ1) is 11.0. The van der Waals surface area contributed by atoms with Gasteiger partial charge in [0.25, 0.3) is 0 Å². The number of likely N-dealkylation sites (N-methyl/N-ethyl adjacent to an activating group) is 1. The summed E-state index contributed by atoms with van der Waals surface area (Å²) in [6, 6.07) is 1.56. The van der Waals surface area contributed by atoms with E-state index in [9.17, 15) is 14.0 Å². The second kappa shape index (κ2) is 8.09. The molecular weight excluding hydrogens is 323 g/mol. The molecule has 1 N–H and O–H groups in total. The first kappa shape index (κ1) is 17.5. The Kier molecular flexibility index (Phi) is 6.14. The molecule has 0 bridgehead atoms. The molecule has 126 valence electrons. The van der Waals surface area contributed by atoms with Gasteiger partial charge < -0.3 is 14.9 Å². The van der Waals surface area contributed by atoms with Crippen LogP contribution in [0.3, 0.4) is 0 Å². The minimum atomic E-state index is -0.958. The maximum Gasteiger partial charge on any atom is 0.313 e. The molecule has 1 aliphatic heterocycles. The Morgan fingerprint density at radius 1 is 1.52 bits per heavy atom. The van der Waals surface area contributed by atoms with Crippen LogP contribution in [0.15, 0.2) is 18.6 Å². The number of hydrogen-bond acceptors (Lipinski definition) is 6. The minimum absolute atomic E-state index is 0.0993. The molecule has 23 heavy (non-hydrogen) atoms. The third-order valence-corrected chi connectivity index (χ3v) is 4.49. The molecule has 2 atom stereocenters. The molecule has 1 saturated heterocycles. The van der Waals surface area contributed by atoms with E-state index in [4.69, 9.17) is 5.11 Å². The molecule has 0 aromatic carbocycles. The SMILES string of the molecule is CN(C[C@@H]1C[C@H](F)CN1c1ccncn1)C(=O)CSCC(=O)O. The number of alkyl halides is 1. The summed E-state index contributed by atoms with van der Waals surface area (Å²) in [4.78, 5) is 33.8.